The van der Waals surface area contributed by atoms with Crippen LogP contribution in [0.1, 0.15) is 41.4 Å². The molecule has 7 nitrogen and oxygen atoms in total. The van der Waals surface area contributed by atoms with Crippen molar-refractivity contribution in [3.8, 4) is 0 Å². The summed E-state index contributed by atoms with van der Waals surface area (Å²) in [6.07, 6.45) is 4.68. The van der Waals surface area contributed by atoms with Crippen LogP contribution in [0.25, 0.3) is 10.1 Å². The zero-order chi connectivity index (χ0) is 22.8. The molecule has 9 heteroatoms. The number of likely N-dealkylation sites (tertiary alicyclic amines) is 1. The number of carbonyl (C=O) groups excluding carboxylic acids is 4. The molecule has 1 aromatic heterocycles. The summed E-state index contributed by atoms with van der Waals surface area (Å²) in [5, 5.41) is 0.217. The highest BCUT2D eigenvalue weighted by atomic mass is 32.1. The van der Waals surface area contributed by atoms with Gasteiger partial charge in [0.15, 0.2) is 0 Å². The van der Waals surface area contributed by atoms with Gasteiger partial charge in [-0.2, -0.15) is 0 Å². The third-order valence-electron chi connectivity index (χ3n) is 5.74. The number of ether oxygens (including phenoxy) is 2. The van der Waals surface area contributed by atoms with Gasteiger partial charge in [-0.05, 0) is 31.9 Å². The van der Waals surface area contributed by atoms with E-state index in [9.17, 15) is 23.6 Å². The first-order chi connectivity index (χ1) is 15.4. The van der Waals surface area contributed by atoms with E-state index < -0.39 is 17.8 Å². The van der Waals surface area contributed by atoms with Crippen molar-refractivity contribution in [1.82, 2.24) is 4.90 Å². The van der Waals surface area contributed by atoms with Crippen LogP contribution in [-0.4, -0.2) is 41.8 Å². The van der Waals surface area contributed by atoms with Crippen molar-refractivity contribution in [3.05, 3.63) is 46.6 Å². The zero-order valence-corrected chi connectivity index (χ0v) is 18.3. The van der Waals surface area contributed by atoms with E-state index in [1.165, 1.54) is 12.1 Å². The van der Waals surface area contributed by atoms with Crippen LogP contribution in [0.3, 0.4) is 0 Å². The molecule has 1 aliphatic carbocycles. The summed E-state index contributed by atoms with van der Waals surface area (Å²) in [5.41, 5.74) is 0.250. The first kappa shape index (κ1) is 22.1. The number of nitrogens with zero attached hydrogens (tertiary/aromatic N) is 1. The second kappa shape index (κ2) is 9.20. The second-order valence-corrected chi connectivity index (χ2v) is 8.69. The first-order valence-electron chi connectivity index (χ1n) is 10.4. The largest absolute Gasteiger partial charge is 0.462 e. The Bertz CT molecular complexity index is 1100. The molecule has 0 radical (unpaired) electrons. The Morgan fingerprint density at radius 1 is 1.12 bits per heavy atom. The number of esters is 2. The molecule has 0 saturated carbocycles. The molecule has 1 saturated heterocycles. The van der Waals surface area contributed by atoms with Gasteiger partial charge in [-0.3, -0.25) is 19.3 Å². The molecule has 1 aliphatic heterocycles. The summed E-state index contributed by atoms with van der Waals surface area (Å²) >= 11 is 1.07. The van der Waals surface area contributed by atoms with Gasteiger partial charge in [0.1, 0.15) is 17.3 Å². The van der Waals surface area contributed by atoms with E-state index in [-0.39, 0.29) is 65.7 Å². The summed E-state index contributed by atoms with van der Waals surface area (Å²) in [5.74, 6) is -3.00. The molecule has 2 atom stereocenters. The van der Waals surface area contributed by atoms with Gasteiger partial charge >= 0.3 is 11.9 Å². The van der Waals surface area contributed by atoms with Gasteiger partial charge in [0.2, 0.25) is 11.8 Å². The molecule has 0 bridgehead atoms. The molecule has 0 unspecified atom stereocenters. The zero-order valence-electron chi connectivity index (χ0n) is 17.5. The molecule has 2 aliphatic rings. The minimum atomic E-state index is -0.649. The van der Waals surface area contributed by atoms with Crippen molar-refractivity contribution in [3.63, 3.8) is 0 Å². The summed E-state index contributed by atoms with van der Waals surface area (Å²) in [4.78, 5) is 51.0. The third-order valence-corrected chi connectivity index (χ3v) is 6.92. The monoisotopic (exact) mass is 459 g/mol. The fourth-order valence-corrected chi connectivity index (χ4v) is 5.30. The molecule has 2 amide bonds. The van der Waals surface area contributed by atoms with Crippen molar-refractivity contribution in [2.45, 2.75) is 32.8 Å². The molecule has 168 valence electrons. The number of amides is 2. The van der Waals surface area contributed by atoms with Crippen LogP contribution in [0.2, 0.25) is 0 Å². The average molecular weight is 459 g/mol. The van der Waals surface area contributed by atoms with Crippen LogP contribution >= 0.6 is 11.3 Å². The van der Waals surface area contributed by atoms with E-state index in [1.54, 1.807) is 13.0 Å². The quantitative estimate of drug-likeness (QED) is 0.357. The summed E-state index contributed by atoms with van der Waals surface area (Å²) in [6, 6.07) is 4.49. The Morgan fingerprint density at radius 3 is 2.47 bits per heavy atom. The SMILES string of the molecule is CCOC(=O)c1sc2cccc(F)c2c1COC(=O)CCN1C(=O)[C@@H]2CC=CC[C@H]2C1=O. The number of halogens is 1. The van der Waals surface area contributed by atoms with Crippen molar-refractivity contribution in [2.24, 2.45) is 11.8 Å². The second-order valence-electron chi connectivity index (χ2n) is 7.64. The molecule has 0 spiro atoms. The van der Waals surface area contributed by atoms with Crippen LogP contribution in [0, 0.1) is 17.7 Å². The molecule has 2 heterocycles. The van der Waals surface area contributed by atoms with E-state index in [2.05, 4.69) is 0 Å². The lowest BCUT2D eigenvalue weighted by Gasteiger charge is -2.14. The number of rotatable bonds is 7. The van der Waals surface area contributed by atoms with Gasteiger partial charge in [-0.15, -0.1) is 11.3 Å². The number of benzene rings is 1. The maximum absolute atomic E-state index is 14.4. The highest BCUT2D eigenvalue weighted by Crippen LogP contribution is 2.36. The minimum Gasteiger partial charge on any atom is -0.462 e. The van der Waals surface area contributed by atoms with E-state index in [1.807, 2.05) is 12.2 Å². The highest BCUT2D eigenvalue weighted by Gasteiger charge is 2.46. The van der Waals surface area contributed by atoms with Gasteiger partial charge in [0.25, 0.3) is 0 Å². The fourth-order valence-electron chi connectivity index (χ4n) is 4.18. The Balaban J connectivity index is 1.43. The average Bonchev–Trinajstić information content (AvgIpc) is 3.28. The topological polar surface area (TPSA) is 90.0 Å². The third kappa shape index (κ3) is 4.04. The Kier molecular flexibility index (Phi) is 6.36. The minimum absolute atomic E-state index is 0.0625. The molecule has 0 N–H and O–H groups in total. The van der Waals surface area contributed by atoms with Crippen molar-refractivity contribution < 1.29 is 33.0 Å². The predicted molar refractivity (Wildman–Crippen MR) is 114 cm³/mol. The van der Waals surface area contributed by atoms with Crippen LogP contribution in [0.5, 0.6) is 0 Å². The van der Waals surface area contributed by atoms with Crippen LogP contribution in [-0.2, 0) is 30.5 Å². The summed E-state index contributed by atoms with van der Waals surface area (Å²) in [7, 11) is 0. The number of fused-ring (bicyclic) bond motifs is 2. The normalized spacial score (nSPS) is 20.0. The molecule has 1 aromatic carbocycles. The number of carbonyl (C=O) groups is 4. The maximum Gasteiger partial charge on any atom is 0.348 e. The Labute approximate surface area is 187 Å². The summed E-state index contributed by atoms with van der Waals surface area (Å²) < 4.78 is 25.3. The van der Waals surface area contributed by atoms with Gasteiger partial charge in [-0.25, -0.2) is 9.18 Å². The van der Waals surface area contributed by atoms with Crippen LogP contribution in [0.4, 0.5) is 4.39 Å². The van der Waals surface area contributed by atoms with Crippen LogP contribution < -0.4 is 0 Å². The fraction of sp³-hybridized carbons (Fsp3) is 0.391. The smallest absolute Gasteiger partial charge is 0.348 e. The van der Waals surface area contributed by atoms with Crippen molar-refractivity contribution in [1.29, 1.82) is 0 Å². The van der Waals surface area contributed by atoms with Crippen molar-refractivity contribution >= 4 is 45.2 Å². The lowest BCUT2D eigenvalue weighted by atomic mass is 9.85. The first-order valence-corrected chi connectivity index (χ1v) is 11.3. The Hall–Kier alpha value is -3.07. The van der Waals surface area contributed by atoms with E-state index >= 15 is 0 Å². The molecular weight excluding hydrogens is 437 g/mol. The number of imide groups is 1. The predicted octanol–water partition coefficient (Wildman–Crippen LogP) is 3.60. The maximum atomic E-state index is 14.4. The summed E-state index contributed by atoms with van der Waals surface area (Å²) in [6.45, 7) is 1.45. The molecule has 2 aromatic rings. The van der Waals surface area contributed by atoms with Gasteiger partial charge in [0, 0.05) is 22.2 Å². The number of thiophene rings is 1. The van der Waals surface area contributed by atoms with Gasteiger partial charge in [0.05, 0.1) is 24.9 Å². The lowest BCUT2D eigenvalue weighted by molar-refractivity contribution is -0.146. The molecule has 4 rings (SSSR count). The van der Waals surface area contributed by atoms with E-state index in [4.69, 9.17) is 9.47 Å². The van der Waals surface area contributed by atoms with Gasteiger partial charge in [-0.1, -0.05) is 18.2 Å². The van der Waals surface area contributed by atoms with E-state index in [0.717, 1.165) is 16.2 Å². The number of allylic oxidation sites excluding steroid dienone is 2. The Morgan fingerprint density at radius 2 is 1.81 bits per heavy atom. The number of hydrogen-bond acceptors (Lipinski definition) is 7. The van der Waals surface area contributed by atoms with E-state index in [0.29, 0.717) is 17.5 Å². The molecule has 1 fully saturated rings. The van der Waals surface area contributed by atoms with Gasteiger partial charge < -0.3 is 9.47 Å². The van der Waals surface area contributed by atoms with Crippen molar-refractivity contribution in [2.75, 3.05) is 13.2 Å². The standard InChI is InChI=1S/C23H22FNO6S/c1-2-30-23(29)20-15(19-16(24)8-5-9-17(19)32-20)12-31-18(26)10-11-25-21(27)13-6-3-4-7-14(13)22(25)28/h3-5,8-9,13-14H,2,6-7,10-12H2,1H3/t13-,14-/m1/s1. The van der Waals surface area contributed by atoms with Crippen LogP contribution in [0.15, 0.2) is 30.4 Å². The highest BCUT2D eigenvalue weighted by molar-refractivity contribution is 7.21. The number of hydrogen-bond donors (Lipinski definition) is 0. The lowest BCUT2D eigenvalue weighted by Crippen LogP contribution is -2.33. The molecular formula is C23H22FNO6S. The molecule has 32 heavy (non-hydrogen) atoms.